The fourth-order valence-electron chi connectivity index (χ4n) is 4.39. The molecule has 166 valence electrons. The van der Waals surface area contributed by atoms with E-state index in [0.717, 1.165) is 52.6 Å². The molecule has 1 amide bonds. The first-order chi connectivity index (χ1) is 15.5. The number of aromatic nitrogens is 2. The monoisotopic (exact) mass is 497 g/mol. The van der Waals surface area contributed by atoms with E-state index in [9.17, 15) is 4.79 Å². The van der Waals surface area contributed by atoms with E-state index in [-0.39, 0.29) is 6.09 Å². The van der Waals surface area contributed by atoms with Crippen LogP contribution in [0.15, 0.2) is 41.1 Å². The number of fused-ring (bicyclic) bond motifs is 1. The number of nitrogens with zero attached hydrogens (tertiary/aromatic N) is 3. The minimum Gasteiger partial charge on any atom is -0.494 e. The number of piperidine rings is 1. The van der Waals surface area contributed by atoms with Crippen molar-refractivity contribution < 1.29 is 14.3 Å². The number of hydrogen-bond donors (Lipinski definition) is 2. The van der Waals surface area contributed by atoms with Gasteiger partial charge in [-0.25, -0.2) is 14.8 Å². The van der Waals surface area contributed by atoms with Crippen molar-refractivity contribution in [3.8, 4) is 5.75 Å². The molecule has 8 nitrogen and oxygen atoms in total. The third-order valence-electron chi connectivity index (χ3n) is 6.15. The molecule has 0 bridgehead atoms. The van der Waals surface area contributed by atoms with E-state index in [4.69, 9.17) is 9.47 Å². The Morgan fingerprint density at radius 3 is 2.78 bits per heavy atom. The van der Waals surface area contributed by atoms with Crippen LogP contribution in [-0.4, -0.2) is 48.4 Å². The third kappa shape index (κ3) is 3.75. The Kier molecular flexibility index (Phi) is 5.38. The van der Waals surface area contributed by atoms with Gasteiger partial charge in [-0.3, -0.25) is 4.90 Å². The number of methoxy groups -OCH3 is 1. The summed E-state index contributed by atoms with van der Waals surface area (Å²) in [5, 5.41) is 7.53. The standard InChI is InChI=1S/C23H24BrN5O3/c1-14-9-15(24)3-4-17(14)28-21-16-10-19(20(31-2)11-18(16)26-13-27-21)29-12-23(32-22(29)30)5-7-25-8-6-23/h3-4,9-11,13,25H,5-8,12H2,1-2H3,(H,26,27,28). The number of carbonyl (C=O) groups excluding carboxylic acids is 1. The smallest absolute Gasteiger partial charge is 0.415 e. The number of halogens is 1. The molecule has 2 aromatic carbocycles. The van der Waals surface area contributed by atoms with Gasteiger partial charge >= 0.3 is 6.09 Å². The van der Waals surface area contributed by atoms with Gasteiger partial charge in [0.25, 0.3) is 0 Å². The molecule has 3 heterocycles. The van der Waals surface area contributed by atoms with E-state index in [0.29, 0.717) is 23.8 Å². The summed E-state index contributed by atoms with van der Waals surface area (Å²) in [5.74, 6) is 1.23. The van der Waals surface area contributed by atoms with Crippen LogP contribution in [0.2, 0.25) is 0 Å². The minimum atomic E-state index is -0.453. The summed E-state index contributed by atoms with van der Waals surface area (Å²) in [6, 6.07) is 9.76. The number of nitrogens with one attached hydrogen (secondary N) is 2. The molecule has 5 rings (SSSR count). The third-order valence-corrected chi connectivity index (χ3v) is 6.65. The van der Waals surface area contributed by atoms with Crippen LogP contribution < -0.4 is 20.3 Å². The predicted molar refractivity (Wildman–Crippen MR) is 127 cm³/mol. The van der Waals surface area contributed by atoms with E-state index in [1.807, 2.05) is 37.3 Å². The van der Waals surface area contributed by atoms with Crippen LogP contribution in [0.4, 0.5) is 22.0 Å². The van der Waals surface area contributed by atoms with Crippen LogP contribution in [0.1, 0.15) is 18.4 Å². The summed E-state index contributed by atoms with van der Waals surface area (Å²) in [6.07, 6.45) is 2.76. The number of amides is 1. The number of rotatable bonds is 4. The molecule has 2 aliphatic rings. The van der Waals surface area contributed by atoms with Crippen molar-refractivity contribution in [3.63, 3.8) is 0 Å². The lowest BCUT2D eigenvalue weighted by Gasteiger charge is -2.31. The van der Waals surface area contributed by atoms with Crippen molar-refractivity contribution in [2.45, 2.75) is 25.4 Å². The maximum atomic E-state index is 12.9. The van der Waals surface area contributed by atoms with E-state index >= 15 is 0 Å². The highest BCUT2D eigenvalue weighted by molar-refractivity contribution is 9.10. The van der Waals surface area contributed by atoms with Gasteiger partial charge in [0.1, 0.15) is 23.5 Å². The molecule has 0 radical (unpaired) electrons. The second-order valence-electron chi connectivity index (χ2n) is 8.23. The van der Waals surface area contributed by atoms with Gasteiger partial charge in [-0.1, -0.05) is 15.9 Å². The zero-order valence-electron chi connectivity index (χ0n) is 17.9. The molecule has 1 spiro atoms. The van der Waals surface area contributed by atoms with Gasteiger partial charge in [0.15, 0.2) is 0 Å². The molecule has 2 fully saturated rings. The SMILES string of the molecule is COc1cc2ncnc(Nc3ccc(Br)cc3C)c2cc1N1CC2(CCNCC2)OC1=O. The van der Waals surface area contributed by atoms with Crippen molar-refractivity contribution in [1.82, 2.24) is 15.3 Å². The lowest BCUT2D eigenvalue weighted by atomic mass is 9.92. The molecule has 2 saturated heterocycles. The van der Waals surface area contributed by atoms with Crippen LogP contribution in [0.3, 0.4) is 0 Å². The molecule has 32 heavy (non-hydrogen) atoms. The first-order valence-electron chi connectivity index (χ1n) is 10.6. The number of aryl methyl sites for hydroxylation is 1. The number of anilines is 3. The molecule has 9 heteroatoms. The Morgan fingerprint density at radius 1 is 1.22 bits per heavy atom. The summed E-state index contributed by atoms with van der Waals surface area (Å²) in [5.41, 5.74) is 2.95. The number of ether oxygens (including phenoxy) is 2. The van der Waals surface area contributed by atoms with Gasteiger partial charge in [0, 0.05) is 34.5 Å². The highest BCUT2D eigenvalue weighted by Gasteiger charge is 2.47. The van der Waals surface area contributed by atoms with Crippen LogP contribution in [-0.2, 0) is 4.74 Å². The fraction of sp³-hybridized carbons (Fsp3) is 0.348. The molecular weight excluding hydrogens is 474 g/mol. The molecule has 3 aromatic rings. The van der Waals surface area contributed by atoms with Gasteiger partial charge < -0.3 is 20.1 Å². The van der Waals surface area contributed by atoms with Crippen molar-refractivity contribution in [3.05, 3.63) is 46.7 Å². The second kappa shape index (κ2) is 8.22. The zero-order valence-corrected chi connectivity index (χ0v) is 19.5. The minimum absolute atomic E-state index is 0.348. The maximum absolute atomic E-state index is 12.9. The molecule has 2 aliphatic heterocycles. The summed E-state index contributed by atoms with van der Waals surface area (Å²) in [4.78, 5) is 23.4. The predicted octanol–water partition coefficient (Wildman–Crippen LogP) is 4.53. The van der Waals surface area contributed by atoms with Crippen LogP contribution in [0.5, 0.6) is 5.75 Å². The first-order valence-corrected chi connectivity index (χ1v) is 11.3. The fourth-order valence-corrected chi connectivity index (χ4v) is 4.87. The molecule has 0 aliphatic carbocycles. The Morgan fingerprint density at radius 2 is 2.03 bits per heavy atom. The van der Waals surface area contributed by atoms with Crippen LogP contribution in [0, 0.1) is 6.92 Å². The summed E-state index contributed by atoms with van der Waals surface area (Å²) in [6.45, 7) is 4.20. The van der Waals surface area contributed by atoms with Gasteiger partial charge in [0.2, 0.25) is 0 Å². The molecule has 2 N–H and O–H groups in total. The topological polar surface area (TPSA) is 88.6 Å². The van der Waals surface area contributed by atoms with Gasteiger partial charge in [-0.2, -0.15) is 0 Å². The lowest BCUT2D eigenvalue weighted by molar-refractivity contribution is 0.0316. The van der Waals surface area contributed by atoms with E-state index < -0.39 is 5.60 Å². The Hall–Kier alpha value is -2.91. The van der Waals surface area contributed by atoms with Gasteiger partial charge in [-0.15, -0.1) is 0 Å². The number of carbonyl (C=O) groups is 1. The van der Waals surface area contributed by atoms with Crippen molar-refractivity contribution >= 4 is 50.1 Å². The second-order valence-corrected chi connectivity index (χ2v) is 9.15. The summed E-state index contributed by atoms with van der Waals surface area (Å²) < 4.78 is 12.5. The highest BCUT2D eigenvalue weighted by atomic mass is 79.9. The van der Waals surface area contributed by atoms with Crippen molar-refractivity contribution in [2.75, 3.05) is 37.0 Å². The lowest BCUT2D eigenvalue weighted by Crippen LogP contribution is -2.44. The molecule has 0 atom stereocenters. The maximum Gasteiger partial charge on any atom is 0.415 e. The van der Waals surface area contributed by atoms with Gasteiger partial charge in [0.05, 0.1) is 24.9 Å². The molecule has 0 saturated carbocycles. The zero-order chi connectivity index (χ0) is 22.3. The summed E-state index contributed by atoms with van der Waals surface area (Å²) in [7, 11) is 1.60. The Bertz CT molecular complexity index is 1200. The molecular formula is C23H24BrN5O3. The van der Waals surface area contributed by atoms with Crippen LogP contribution in [0.25, 0.3) is 10.9 Å². The van der Waals surface area contributed by atoms with Crippen LogP contribution >= 0.6 is 15.9 Å². The average molecular weight is 498 g/mol. The average Bonchev–Trinajstić information content (AvgIpc) is 3.10. The van der Waals surface area contributed by atoms with E-state index in [1.165, 1.54) is 6.33 Å². The van der Waals surface area contributed by atoms with Crippen molar-refractivity contribution in [2.24, 2.45) is 0 Å². The largest absolute Gasteiger partial charge is 0.494 e. The van der Waals surface area contributed by atoms with E-state index in [2.05, 4.69) is 36.5 Å². The van der Waals surface area contributed by atoms with Gasteiger partial charge in [-0.05, 0) is 49.8 Å². The summed E-state index contributed by atoms with van der Waals surface area (Å²) >= 11 is 3.50. The Balaban J connectivity index is 1.56. The number of hydrogen-bond acceptors (Lipinski definition) is 7. The first kappa shape index (κ1) is 21.0. The van der Waals surface area contributed by atoms with Crippen molar-refractivity contribution in [1.29, 1.82) is 0 Å². The quantitative estimate of drug-likeness (QED) is 0.547. The Labute approximate surface area is 194 Å². The van der Waals surface area contributed by atoms with E-state index in [1.54, 1.807) is 12.0 Å². The number of benzene rings is 2. The molecule has 1 aromatic heterocycles. The molecule has 0 unspecified atom stereocenters. The normalized spacial score (nSPS) is 17.6. The highest BCUT2D eigenvalue weighted by Crippen LogP contribution is 2.41.